The highest BCUT2D eigenvalue weighted by Gasteiger charge is 2.14. The van der Waals surface area contributed by atoms with Crippen LogP contribution in [0.4, 0.5) is 5.69 Å². The maximum Gasteiger partial charge on any atom is 0.215 e. The summed E-state index contributed by atoms with van der Waals surface area (Å²) in [6.07, 6.45) is 2.16. The molecule has 0 amide bonds. The van der Waals surface area contributed by atoms with Crippen molar-refractivity contribution in [2.45, 2.75) is 24.3 Å². The zero-order valence-electron chi connectivity index (χ0n) is 11.1. The summed E-state index contributed by atoms with van der Waals surface area (Å²) in [7, 11) is -4.34. The molecule has 0 aliphatic heterocycles. The highest BCUT2D eigenvalue weighted by molar-refractivity contribution is 7.88. The fourth-order valence-electron chi connectivity index (χ4n) is 1.51. The van der Waals surface area contributed by atoms with E-state index in [1.807, 2.05) is 6.92 Å². The van der Waals surface area contributed by atoms with Gasteiger partial charge in [-0.3, -0.25) is 4.21 Å². The molecule has 1 aromatic carbocycles. The van der Waals surface area contributed by atoms with Gasteiger partial charge in [0.1, 0.15) is 0 Å². The van der Waals surface area contributed by atoms with E-state index in [9.17, 15) is 12.6 Å². The summed E-state index contributed by atoms with van der Waals surface area (Å²) in [5.41, 5.74) is 6.77. The number of benzene rings is 1. The van der Waals surface area contributed by atoms with E-state index in [4.69, 9.17) is 5.73 Å². The molecule has 7 heteroatoms. The first-order valence-corrected chi connectivity index (χ1v) is 9.22. The smallest absolute Gasteiger partial charge is 0.215 e. The van der Waals surface area contributed by atoms with E-state index in [1.165, 1.54) is 0 Å². The third-order valence-corrected chi connectivity index (χ3v) is 5.54. The molecule has 0 radical (unpaired) electrons. The molecule has 0 bridgehead atoms. The molecular formula is C12H20N2O3S2. The van der Waals surface area contributed by atoms with Gasteiger partial charge in [-0.25, -0.2) is 13.1 Å². The van der Waals surface area contributed by atoms with Crippen molar-refractivity contribution in [1.29, 1.82) is 0 Å². The van der Waals surface area contributed by atoms with Crippen molar-refractivity contribution in [3.8, 4) is 0 Å². The lowest BCUT2D eigenvalue weighted by Crippen LogP contribution is -2.29. The molecule has 3 N–H and O–H groups in total. The average molecular weight is 304 g/mol. The summed E-state index contributed by atoms with van der Waals surface area (Å²) in [5, 5.41) is -0.0236. The number of nitrogens with one attached hydrogen (secondary N) is 1. The molecule has 2 atom stereocenters. The van der Waals surface area contributed by atoms with Gasteiger partial charge in [-0.2, -0.15) is 0 Å². The van der Waals surface area contributed by atoms with Crippen LogP contribution in [0.5, 0.6) is 0 Å². The summed E-state index contributed by atoms with van der Waals surface area (Å²) in [6, 6.07) is 6.88. The Balaban J connectivity index is 2.54. The van der Waals surface area contributed by atoms with E-state index in [0.717, 1.165) is 0 Å². The Morgan fingerprint density at radius 3 is 2.58 bits per heavy atom. The highest BCUT2D eigenvalue weighted by atomic mass is 32.2. The first kappa shape index (κ1) is 16.1. The SMILES string of the molecule is CC(CCNS(=O)(=O)Cc1ccccc1N)S(C)=O. The molecule has 0 spiro atoms. The third kappa shape index (κ3) is 5.71. The molecule has 0 aliphatic carbocycles. The van der Waals surface area contributed by atoms with Crippen LogP contribution >= 0.6 is 0 Å². The lowest BCUT2D eigenvalue weighted by Gasteiger charge is -2.11. The van der Waals surface area contributed by atoms with Crippen LogP contribution < -0.4 is 10.5 Å². The van der Waals surface area contributed by atoms with Crippen molar-refractivity contribution in [2.75, 3.05) is 18.5 Å². The summed E-state index contributed by atoms with van der Waals surface area (Å²) in [5.74, 6) is -0.136. The lowest BCUT2D eigenvalue weighted by molar-refractivity contribution is 0.577. The van der Waals surface area contributed by atoms with Crippen LogP contribution in [0.2, 0.25) is 0 Å². The number of para-hydroxylation sites is 1. The molecule has 0 fully saturated rings. The van der Waals surface area contributed by atoms with Gasteiger partial charge < -0.3 is 5.73 Å². The summed E-state index contributed by atoms with van der Waals surface area (Å²) >= 11 is 0. The average Bonchev–Trinajstić information content (AvgIpc) is 2.31. The van der Waals surface area contributed by atoms with Crippen molar-refractivity contribution >= 4 is 26.5 Å². The molecule has 0 heterocycles. The van der Waals surface area contributed by atoms with E-state index in [2.05, 4.69) is 4.72 Å². The topological polar surface area (TPSA) is 89.3 Å². The van der Waals surface area contributed by atoms with E-state index >= 15 is 0 Å². The van der Waals surface area contributed by atoms with Crippen molar-refractivity contribution < 1.29 is 12.6 Å². The van der Waals surface area contributed by atoms with Gasteiger partial charge in [-0.1, -0.05) is 25.1 Å². The minimum absolute atomic E-state index is 0.0236. The quantitative estimate of drug-likeness (QED) is 0.731. The monoisotopic (exact) mass is 304 g/mol. The van der Waals surface area contributed by atoms with Gasteiger partial charge in [0.15, 0.2) is 0 Å². The van der Waals surface area contributed by atoms with Gasteiger partial charge in [-0.05, 0) is 18.1 Å². The zero-order valence-corrected chi connectivity index (χ0v) is 12.8. The molecule has 1 rings (SSSR count). The molecule has 5 nitrogen and oxygen atoms in total. The Hall–Kier alpha value is -0.920. The molecule has 0 saturated heterocycles. The van der Waals surface area contributed by atoms with Gasteiger partial charge >= 0.3 is 0 Å². The fourth-order valence-corrected chi connectivity index (χ4v) is 3.16. The molecule has 1 aromatic rings. The number of nitrogens with two attached hydrogens (primary N) is 1. The fraction of sp³-hybridized carbons (Fsp3) is 0.500. The maximum absolute atomic E-state index is 11.9. The van der Waals surface area contributed by atoms with Crippen LogP contribution in [0.25, 0.3) is 0 Å². The highest BCUT2D eigenvalue weighted by Crippen LogP contribution is 2.13. The number of hydrogen-bond acceptors (Lipinski definition) is 4. The summed E-state index contributed by atoms with van der Waals surface area (Å²) in [6.45, 7) is 2.12. The number of hydrogen-bond donors (Lipinski definition) is 2. The van der Waals surface area contributed by atoms with Crippen LogP contribution in [-0.4, -0.2) is 30.7 Å². The standard InChI is InChI=1S/C12H20N2O3S2/c1-10(18(2)15)7-8-14-19(16,17)9-11-5-3-4-6-12(11)13/h3-6,10,14H,7-9,13H2,1-2H3. The Bertz CT molecular complexity index is 544. The van der Waals surface area contributed by atoms with Gasteiger partial charge in [0.2, 0.25) is 10.0 Å². The van der Waals surface area contributed by atoms with E-state index in [1.54, 1.807) is 30.5 Å². The third-order valence-electron chi connectivity index (χ3n) is 2.84. The number of anilines is 1. The van der Waals surface area contributed by atoms with Gasteiger partial charge in [-0.15, -0.1) is 0 Å². The second-order valence-electron chi connectivity index (χ2n) is 4.45. The van der Waals surface area contributed by atoms with E-state index in [0.29, 0.717) is 17.7 Å². The Kier molecular flexibility index (Phi) is 5.96. The van der Waals surface area contributed by atoms with Gasteiger partial charge in [0.05, 0.1) is 5.75 Å². The maximum atomic E-state index is 11.9. The predicted octanol–water partition coefficient (Wildman–Crippen LogP) is 0.845. The van der Waals surface area contributed by atoms with Crippen LogP contribution in [0.15, 0.2) is 24.3 Å². The Morgan fingerprint density at radius 2 is 2.00 bits per heavy atom. The van der Waals surface area contributed by atoms with Crippen molar-refractivity contribution in [1.82, 2.24) is 4.72 Å². The van der Waals surface area contributed by atoms with Crippen LogP contribution in [0, 0.1) is 0 Å². The molecular weight excluding hydrogens is 284 g/mol. The second kappa shape index (κ2) is 7.02. The van der Waals surface area contributed by atoms with Crippen LogP contribution in [0.3, 0.4) is 0 Å². The van der Waals surface area contributed by atoms with E-state index in [-0.39, 0.29) is 17.5 Å². The summed E-state index contributed by atoms with van der Waals surface area (Å²) in [4.78, 5) is 0. The molecule has 0 aromatic heterocycles. The second-order valence-corrected chi connectivity index (χ2v) is 8.06. The van der Waals surface area contributed by atoms with Crippen molar-refractivity contribution in [2.24, 2.45) is 0 Å². The number of rotatable bonds is 7. The first-order valence-electron chi connectivity index (χ1n) is 5.95. The van der Waals surface area contributed by atoms with Crippen LogP contribution in [-0.2, 0) is 26.6 Å². The van der Waals surface area contributed by atoms with Gasteiger partial charge in [0.25, 0.3) is 0 Å². The molecule has 0 saturated carbocycles. The number of sulfonamides is 1. The Labute approximate surface area is 117 Å². The zero-order chi connectivity index (χ0) is 14.5. The lowest BCUT2D eigenvalue weighted by atomic mass is 10.2. The number of nitrogen functional groups attached to an aromatic ring is 1. The molecule has 0 aliphatic rings. The predicted molar refractivity (Wildman–Crippen MR) is 79.6 cm³/mol. The van der Waals surface area contributed by atoms with Gasteiger partial charge in [0, 0.05) is 34.5 Å². The molecule has 108 valence electrons. The molecule has 19 heavy (non-hydrogen) atoms. The van der Waals surface area contributed by atoms with Crippen molar-refractivity contribution in [3.63, 3.8) is 0 Å². The van der Waals surface area contributed by atoms with Crippen molar-refractivity contribution in [3.05, 3.63) is 29.8 Å². The molecule has 2 unspecified atom stereocenters. The normalized spacial score (nSPS) is 15.1. The van der Waals surface area contributed by atoms with E-state index < -0.39 is 20.8 Å². The largest absolute Gasteiger partial charge is 0.398 e. The Morgan fingerprint density at radius 1 is 1.37 bits per heavy atom. The minimum atomic E-state index is -3.41. The first-order chi connectivity index (χ1) is 8.82. The summed E-state index contributed by atoms with van der Waals surface area (Å²) < 4.78 is 37.4. The van der Waals surface area contributed by atoms with Crippen LogP contribution in [0.1, 0.15) is 18.9 Å². The minimum Gasteiger partial charge on any atom is -0.398 e.